The van der Waals surface area contributed by atoms with Gasteiger partial charge in [0.25, 0.3) is 5.91 Å². The van der Waals surface area contributed by atoms with Crippen LogP contribution >= 0.6 is 0 Å². The summed E-state index contributed by atoms with van der Waals surface area (Å²) in [5.41, 5.74) is 3.68. The fourth-order valence-corrected chi connectivity index (χ4v) is 8.53. The van der Waals surface area contributed by atoms with E-state index >= 15 is 0 Å². The van der Waals surface area contributed by atoms with Gasteiger partial charge in [-0.3, -0.25) is 4.79 Å². The van der Waals surface area contributed by atoms with Crippen LogP contribution in [0.5, 0.6) is 11.5 Å². The minimum atomic E-state index is -1.34. The molecule has 1 amide bonds. The summed E-state index contributed by atoms with van der Waals surface area (Å²) in [6.07, 6.45) is 11.5. The number of unbranched alkanes of at least 4 members (excludes halogenated alkanes) is 2. The number of aliphatic hydroxyl groups is 2. The summed E-state index contributed by atoms with van der Waals surface area (Å²) < 4.78 is 20.3. The molecule has 284 valence electrons. The van der Waals surface area contributed by atoms with Gasteiger partial charge in [0, 0.05) is 43.2 Å². The maximum Gasteiger partial charge on any atom is 0.254 e. The molecular weight excluding hydrogens is 670 g/mol. The van der Waals surface area contributed by atoms with Gasteiger partial charge in [-0.25, -0.2) is 0 Å². The number of rotatable bonds is 20. The number of carbonyl (C=O) groups is 1. The third-order valence-corrected chi connectivity index (χ3v) is 10.7. The topological polar surface area (TPSA) is 134 Å². The number of nitriles is 1. The molecule has 3 aliphatic rings. The minimum absolute atomic E-state index is 0.110. The van der Waals surface area contributed by atoms with Crippen molar-refractivity contribution in [3.63, 3.8) is 0 Å². The van der Waals surface area contributed by atoms with Crippen molar-refractivity contribution < 1.29 is 34.1 Å². The molecule has 0 bridgehead atoms. The molecule has 2 N–H and O–H groups in total. The van der Waals surface area contributed by atoms with Crippen molar-refractivity contribution in [2.24, 2.45) is 22.9 Å². The van der Waals surface area contributed by atoms with Gasteiger partial charge >= 0.3 is 0 Å². The van der Waals surface area contributed by atoms with Crippen LogP contribution in [0.1, 0.15) is 92.6 Å². The fourth-order valence-electron chi connectivity index (χ4n) is 8.53. The maximum absolute atomic E-state index is 14.7. The van der Waals surface area contributed by atoms with Gasteiger partial charge in [-0.05, 0) is 98.9 Å². The molecular formula is C43H55N3O7. The molecule has 1 saturated carbocycles. The van der Waals surface area contributed by atoms with Crippen molar-refractivity contribution in [2.45, 2.75) is 83.0 Å². The standard InChI is InChI=1S/C43H55N3O7/c1-5-21-46(42(49)31-17-15-30(29-44)16-18-31)39-28-37(45-52-8-4)35-26-32(13-9-11-22-47)34(14-10-12-23-48)40-36-27-33(50-24-6-2)19-20-38(36)53-43(39,41(35)40)51-25-7-3/h6-7,15-20,26-27,32,34,39-41,47-48H,2-3,5,8-14,21-25,28H2,1,4H3/t32-,34+,39-,40+,41+,43+/m0/s1. The molecule has 0 unspecified atom stereocenters. The number of hydrogen-bond donors (Lipinski definition) is 2. The first kappa shape index (κ1) is 39.8. The number of amides is 1. The summed E-state index contributed by atoms with van der Waals surface area (Å²) in [5.74, 6) is -0.459. The number of benzene rings is 2. The van der Waals surface area contributed by atoms with Crippen LogP contribution in [0.15, 0.2) is 84.6 Å². The first-order chi connectivity index (χ1) is 25.9. The van der Waals surface area contributed by atoms with E-state index in [1.165, 1.54) is 0 Å². The van der Waals surface area contributed by atoms with Crippen LogP contribution in [-0.2, 0) is 9.57 Å². The average Bonchev–Trinajstić information content (AvgIpc) is 3.18. The van der Waals surface area contributed by atoms with E-state index in [0.29, 0.717) is 68.1 Å². The highest BCUT2D eigenvalue weighted by Crippen LogP contribution is 2.62. The highest BCUT2D eigenvalue weighted by atomic mass is 16.7. The number of allylic oxidation sites excluding steroid dienone is 1. The molecule has 0 spiro atoms. The Morgan fingerprint density at radius 1 is 1.06 bits per heavy atom. The van der Waals surface area contributed by atoms with E-state index < -0.39 is 17.7 Å². The zero-order valence-electron chi connectivity index (χ0n) is 31.3. The second-order valence-corrected chi connectivity index (χ2v) is 14.0. The molecule has 53 heavy (non-hydrogen) atoms. The number of ether oxygens (including phenoxy) is 3. The molecule has 1 aliphatic heterocycles. The maximum atomic E-state index is 14.7. The zero-order valence-corrected chi connectivity index (χ0v) is 31.3. The summed E-state index contributed by atoms with van der Waals surface area (Å²) in [5, 5.41) is 33.8. The van der Waals surface area contributed by atoms with E-state index in [0.717, 1.165) is 42.5 Å². The van der Waals surface area contributed by atoms with E-state index in [1.54, 1.807) is 36.4 Å². The van der Waals surface area contributed by atoms with Crippen molar-refractivity contribution >= 4 is 11.6 Å². The molecule has 10 heteroatoms. The number of carbonyl (C=O) groups excluding carboxylic acids is 1. The number of aliphatic hydroxyl groups excluding tert-OH is 2. The van der Waals surface area contributed by atoms with E-state index in [1.807, 2.05) is 30.9 Å². The van der Waals surface area contributed by atoms with Crippen molar-refractivity contribution in [1.29, 1.82) is 5.26 Å². The molecule has 5 rings (SSSR count). The number of nitrogens with zero attached hydrogens (tertiary/aromatic N) is 3. The lowest BCUT2D eigenvalue weighted by atomic mass is 9.55. The molecule has 0 radical (unpaired) electrons. The predicted molar refractivity (Wildman–Crippen MR) is 205 cm³/mol. The van der Waals surface area contributed by atoms with Crippen LogP contribution in [0.2, 0.25) is 0 Å². The van der Waals surface area contributed by atoms with Gasteiger partial charge in [-0.2, -0.15) is 5.26 Å². The lowest BCUT2D eigenvalue weighted by molar-refractivity contribution is -0.254. The quantitative estimate of drug-likeness (QED) is 0.0824. The van der Waals surface area contributed by atoms with E-state index in [4.69, 9.17) is 24.2 Å². The molecule has 1 heterocycles. The first-order valence-electron chi connectivity index (χ1n) is 19.2. The number of fused-ring (bicyclic) bond motifs is 2. The third kappa shape index (κ3) is 8.54. The smallest absolute Gasteiger partial charge is 0.254 e. The summed E-state index contributed by atoms with van der Waals surface area (Å²) in [6.45, 7) is 13.3. The second-order valence-electron chi connectivity index (χ2n) is 14.0. The van der Waals surface area contributed by atoms with E-state index in [-0.39, 0.29) is 43.5 Å². The highest BCUT2D eigenvalue weighted by molar-refractivity contribution is 6.03. The molecule has 1 fully saturated rings. The Hall–Kier alpha value is -4.43. The Balaban J connectivity index is 1.78. The van der Waals surface area contributed by atoms with Gasteiger partial charge < -0.3 is 34.2 Å². The van der Waals surface area contributed by atoms with Crippen LogP contribution in [0, 0.1) is 29.1 Å². The molecule has 2 aromatic rings. The van der Waals surface area contributed by atoms with Crippen molar-refractivity contribution in [3.05, 3.63) is 96.1 Å². The predicted octanol–water partition coefficient (Wildman–Crippen LogP) is 7.33. The summed E-state index contributed by atoms with van der Waals surface area (Å²) in [4.78, 5) is 22.4. The normalized spacial score (nSPS) is 24.8. The molecule has 2 aromatic carbocycles. The van der Waals surface area contributed by atoms with Crippen LogP contribution in [0.4, 0.5) is 0 Å². The fraction of sp³-hybridized carbons (Fsp3) is 0.512. The SMILES string of the molecule is C=CCOc1ccc2c(c1)[C@H]1[C@H](CCCCO)[C@@H](CCCCO)C=C3C(=NOCC)C[C@H](N(CCC)C(=O)c4ccc(C#N)cc4)[C@@](OCC=C)(O2)[C@H]31. The highest BCUT2D eigenvalue weighted by Gasteiger charge is 2.65. The number of hydrogen-bond acceptors (Lipinski definition) is 9. The molecule has 0 saturated heterocycles. The molecule has 6 atom stereocenters. The Morgan fingerprint density at radius 3 is 2.45 bits per heavy atom. The summed E-state index contributed by atoms with van der Waals surface area (Å²) in [6, 6.07) is 14.2. The Morgan fingerprint density at radius 2 is 1.79 bits per heavy atom. The minimum Gasteiger partial charge on any atom is -0.490 e. The second kappa shape index (κ2) is 19.1. The van der Waals surface area contributed by atoms with Gasteiger partial charge in [0.1, 0.15) is 30.8 Å². The monoisotopic (exact) mass is 725 g/mol. The van der Waals surface area contributed by atoms with Crippen LogP contribution in [-0.4, -0.2) is 78.1 Å². The Labute approximate surface area is 314 Å². The zero-order chi connectivity index (χ0) is 37.8. The summed E-state index contributed by atoms with van der Waals surface area (Å²) in [7, 11) is 0. The Kier molecular flexibility index (Phi) is 14.3. The first-order valence-corrected chi connectivity index (χ1v) is 19.2. The van der Waals surface area contributed by atoms with Crippen LogP contribution in [0.3, 0.4) is 0 Å². The number of oxime groups is 1. The molecule has 10 nitrogen and oxygen atoms in total. The van der Waals surface area contributed by atoms with Gasteiger partial charge in [-0.1, -0.05) is 49.7 Å². The third-order valence-electron chi connectivity index (χ3n) is 10.7. The van der Waals surface area contributed by atoms with Crippen molar-refractivity contribution in [3.8, 4) is 17.6 Å². The van der Waals surface area contributed by atoms with E-state index in [9.17, 15) is 20.3 Å². The van der Waals surface area contributed by atoms with Gasteiger partial charge in [0.05, 0.1) is 29.9 Å². The Bertz CT molecular complexity index is 1660. The van der Waals surface area contributed by atoms with E-state index in [2.05, 4.69) is 31.4 Å². The van der Waals surface area contributed by atoms with Crippen LogP contribution < -0.4 is 9.47 Å². The van der Waals surface area contributed by atoms with Crippen molar-refractivity contribution in [2.75, 3.05) is 39.6 Å². The summed E-state index contributed by atoms with van der Waals surface area (Å²) >= 11 is 0. The van der Waals surface area contributed by atoms with Gasteiger partial charge in [0.15, 0.2) is 0 Å². The van der Waals surface area contributed by atoms with Gasteiger partial charge in [-0.15, -0.1) is 6.58 Å². The molecule has 0 aromatic heterocycles. The van der Waals surface area contributed by atoms with Gasteiger partial charge in [0.2, 0.25) is 5.79 Å². The molecule has 2 aliphatic carbocycles. The van der Waals surface area contributed by atoms with Crippen LogP contribution in [0.25, 0.3) is 0 Å². The average molecular weight is 726 g/mol. The lowest BCUT2D eigenvalue weighted by Crippen LogP contribution is -2.70. The van der Waals surface area contributed by atoms with Crippen molar-refractivity contribution in [1.82, 2.24) is 4.90 Å². The lowest BCUT2D eigenvalue weighted by Gasteiger charge is -2.60. The largest absolute Gasteiger partial charge is 0.490 e.